The SMILES string of the molecule is CC(Sc1nc2ccccc2o1)C(=O)Nc1ccc(Cl)cc1Cl. The lowest BCUT2D eigenvalue weighted by Gasteiger charge is -2.11. The van der Waals surface area contributed by atoms with Crippen molar-refractivity contribution in [1.82, 2.24) is 4.98 Å². The number of anilines is 1. The summed E-state index contributed by atoms with van der Waals surface area (Å²) in [4.78, 5) is 16.6. The predicted molar refractivity (Wildman–Crippen MR) is 94.4 cm³/mol. The fourth-order valence-corrected chi connectivity index (χ4v) is 3.14. The molecule has 1 atom stereocenters. The van der Waals surface area contributed by atoms with Gasteiger partial charge >= 0.3 is 0 Å². The molecule has 0 aliphatic rings. The van der Waals surface area contributed by atoms with Crippen LogP contribution in [0.5, 0.6) is 0 Å². The molecule has 23 heavy (non-hydrogen) atoms. The summed E-state index contributed by atoms with van der Waals surface area (Å²) in [5.41, 5.74) is 1.98. The number of thioether (sulfide) groups is 1. The predicted octanol–water partition coefficient (Wildman–Crippen LogP) is 5.25. The van der Waals surface area contributed by atoms with Crippen LogP contribution < -0.4 is 5.32 Å². The van der Waals surface area contributed by atoms with Crippen LogP contribution in [0.2, 0.25) is 10.0 Å². The van der Waals surface area contributed by atoms with Crippen LogP contribution >= 0.6 is 35.0 Å². The van der Waals surface area contributed by atoms with Gasteiger partial charge in [-0.2, -0.15) is 0 Å². The third-order valence-corrected chi connectivity index (χ3v) is 4.60. The van der Waals surface area contributed by atoms with E-state index in [2.05, 4.69) is 10.3 Å². The molecule has 1 unspecified atom stereocenters. The second-order valence-electron chi connectivity index (χ2n) is 4.82. The largest absolute Gasteiger partial charge is 0.431 e. The average molecular weight is 367 g/mol. The summed E-state index contributed by atoms with van der Waals surface area (Å²) in [5.74, 6) is -0.193. The Hall–Kier alpha value is -1.69. The van der Waals surface area contributed by atoms with E-state index in [1.165, 1.54) is 11.8 Å². The lowest BCUT2D eigenvalue weighted by atomic mass is 10.3. The molecular weight excluding hydrogens is 355 g/mol. The number of oxazole rings is 1. The summed E-state index contributed by atoms with van der Waals surface area (Å²) in [6.45, 7) is 1.78. The molecule has 1 N–H and O–H groups in total. The molecule has 7 heteroatoms. The maximum Gasteiger partial charge on any atom is 0.257 e. The van der Waals surface area contributed by atoms with Crippen LogP contribution in [0.1, 0.15) is 6.92 Å². The maximum absolute atomic E-state index is 12.3. The molecule has 0 saturated carbocycles. The molecule has 0 bridgehead atoms. The van der Waals surface area contributed by atoms with Gasteiger partial charge in [-0.05, 0) is 37.3 Å². The number of amides is 1. The molecule has 3 rings (SSSR count). The zero-order valence-corrected chi connectivity index (χ0v) is 14.4. The number of hydrogen-bond acceptors (Lipinski definition) is 4. The van der Waals surface area contributed by atoms with Crippen LogP contribution in [0.15, 0.2) is 52.1 Å². The molecule has 0 fully saturated rings. The molecule has 0 saturated heterocycles. The topological polar surface area (TPSA) is 55.1 Å². The molecule has 0 aliphatic heterocycles. The van der Waals surface area contributed by atoms with Gasteiger partial charge in [0.15, 0.2) is 5.58 Å². The van der Waals surface area contributed by atoms with Crippen molar-refractivity contribution in [3.63, 3.8) is 0 Å². The van der Waals surface area contributed by atoms with Gasteiger partial charge in [0.1, 0.15) is 5.52 Å². The molecule has 1 amide bonds. The monoisotopic (exact) mass is 366 g/mol. The van der Waals surface area contributed by atoms with Gasteiger partial charge in [-0.3, -0.25) is 4.79 Å². The number of hydrogen-bond donors (Lipinski definition) is 1. The highest BCUT2D eigenvalue weighted by Crippen LogP contribution is 2.29. The van der Waals surface area contributed by atoms with Crippen LogP contribution in [-0.2, 0) is 4.79 Å². The lowest BCUT2D eigenvalue weighted by molar-refractivity contribution is -0.115. The zero-order valence-electron chi connectivity index (χ0n) is 12.0. The number of fused-ring (bicyclic) bond motifs is 1. The van der Waals surface area contributed by atoms with Crippen molar-refractivity contribution in [2.45, 2.75) is 17.4 Å². The smallest absolute Gasteiger partial charge is 0.257 e. The van der Waals surface area contributed by atoms with E-state index >= 15 is 0 Å². The molecule has 1 aromatic heterocycles. The molecule has 1 heterocycles. The standard InChI is InChI=1S/C16H12Cl2N2O2S/c1-9(15(21)19-12-7-6-10(17)8-11(12)18)23-16-20-13-4-2-3-5-14(13)22-16/h2-9H,1H3,(H,19,21). The third-order valence-electron chi connectivity index (χ3n) is 3.11. The first-order valence-electron chi connectivity index (χ1n) is 6.81. The quantitative estimate of drug-likeness (QED) is 0.640. The normalized spacial score (nSPS) is 12.3. The summed E-state index contributed by atoms with van der Waals surface area (Å²) < 4.78 is 5.61. The Bertz CT molecular complexity index is 833. The van der Waals surface area contributed by atoms with Gasteiger partial charge in [0.05, 0.1) is 16.0 Å². The van der Waals surface area contributed by atoms with Crippen molar-refractivity contribution in [3.05, 3.63) is 52.5 Å². The fourth-order valence-electron chi connectivity index (χ4n) is 1.93. The minimum Gasteiger partial charge on any atom is -0.431 e. The van der Waals surface area contributed by atoms with Crippen molar-refractivity contribution in [2.75, 3.05) is 5.32 Å². The first-order chi connectivity index (χ1) is 11.0. The highest BCUT2D eigenvalue weighted by Gasteiger charge is 2.19. The van der Waals surface area contributed by atoms with Crippen LogP contribution in [0.25, 0.3) is 11.1 Å². The number of carbonyl (C=O) groups excluding carboxylic acids is 1. The van der Waals surface area contributed by atoms with Gasteiger partial charge < -0.3 is 9.73 Å². The number of benzene rings is 2. The second kappa shape index (κ2) is 6.83. The van der Waals surface area contributed by atoms with E-state index in [0.717, 1.165) is 5.52 Å². The number of nitrogens with zero attached hydrogens (tertiary/aromatic N) is 1. The lowest BCUT2D eigenvalue weighted by Crippen LogP contribution is -2.22. The van der Waals surface area contributed by atoms with Gasteiger partial charge in [-0.1, -0.05) is 47.1 Å². The number of carbonyl (C=O) groups is 1. The molecule has 0 spiro atoms. The van der Waals surface area contributed by atoms with Gasteiger partial charge in [-0.15, -0.1) is 0 Å². The second-order valence-corrected chi connectivity index (χ2v) is 6.96. The number of para-hydroxylation sites is 2. The van der Waals surface area contributed by atoms with Crippen molar-refractivity contribution >= 4 is 57.7 Å². The molecule has 0 radical (unpaired) electrons. The number of aromatic nitrogens is 1. The highest BCUT2D eigenvalue weighted by atomic mass is 35.5. The Morgan fingerprint density at radius 1 is 1.26 bits per heavy atom. The van der Waals surface area contributed by atoms with Gasteiger partial charge in [-0.25, -0.2) is 4.98 Å². The van der Waals surface area contributed by atoms with E-state index in [1.54, 1.807) is 25.1 Å². The average Bonchev–Trinajstić information content (AvgIpc) is 2.92. The van der Waals surface area contributed by atoms with Gasteiger partial charge in [0.2, 0.25) is 5.91 Å². The van der Waals surface area contributed by atoms with Crippen molar-refractivity contribution < 1.29 is 9.21 Å². The van der Waals surface area contributed by atoms with Crippen molar-refractivity contribution in [3.8, 4) is 0 Å². The Kier molecular flexibility index (Phi) is 4.80. The maximum atomic E-state index is 12.3. The van der Waals surface area contributed by atoms with Crippen LogP contribution in [0.3, 0.4) is 0 Å². The molecule has 2 aromatic carbocycles. The van der Waals surface area contributed by atoms with E-state index in [-0.39, 0.29) is 5.91 Å². The Morgan fingerprint density at radius 2 is 2.04 bits per heavy atom. The van der Waals surface area contributed by atoms with Crippen molar-refractivity contribution in [2.24, 2.45) is 0 Å². The number of rotatable bonds is 4. The molecule has 0 aliphatic carbocycles. The Labute approximate surface area is 147 Å². The summed E-state index contributed by atoms with van der Waals surface area (Å²) in [6.07, 6.45) is 0. The van der Waals surface area contributed by atoms with Crippen LogP contribution in [0.4, 0.5) is 5.69 Å². The number of nitrogens with one attached hydrogen (secondary N) is 1. The number of halogens is 2. The van der Waals surface area contributed by atoms with E-state index in [1.807, 2.05) is 24.3 Å². The van der Waals surface area contributed by atoms with Crippen molar-refractivity contribution in [1.29, 1.82) is 0 Å². The molecule has 118 valence electrons. The van der Waals surface area contributed by atoms with E-state index in [0.29, 0.717) is 26.5 Å². The van der Waals surface area contributed by atoms with E-state index in [4.69, 9.17) is 27.6 Å². The van der Waals surface area contributed by atoms with E-state index in [9.17, 15) is 4.79 Å². The summed E-state index contributed by atoms with van der Waals surface area (Å²) in [6, 6.07) is 12.4. The van der Waals surface area contributed by atoms with Crippen LogP contribution in [-0.4, -0.2) is 16.1 Å². The first-order valence-corrected chi connectivity index (χ1v) is 8.44. The van der Waals surface area contributed by atoms with Gasteiger partial charge in [0, 0.05) is 5.02 Å². The summed E-state index contributed by atoms with van der Waals surface area (Å²) in [5, 5.41) is 3.74. The molecular formula is C16H12Cl2N2O2S. The highest BCUT2D eigenvalue weighted by molar-refractivity contribution is 8.00. The zero-order chi connectivity index (χ0) is 16.4. The van der Waals surface area contributed by atoms with Crippen LogP contribution in [0, 0.1) is 0 Å². The summed E-state index contributed by atoms with van der Waals surface area (Å²) >= 11 is 13.1. The molecule has 3 aromatic rings. The summed E-state index contributed by atoms with van der Waals surface area (Å²) in [7, 11) is 0. The minimum atomic E-state index is -0.394. The molecule has 4 nitrogen and oxygen atoms in total. The van der Waals surface area contributed by atoms with E-state index < -0.39 is 5.25 Å². The third kappa shape index (κ3) is 3.80. The minimum absolute atomic E-state index is 0.193. The Morgan fingerprint density at radius 3 is 2.78 bits per heavy atom. The fraction of sp³-hybridized carbons (Fsp3) is 0.125. The first kappa shape index (κ1) is 16.2. The Balaban J connectivity index is 1.69. The van der Waals surface area contributed by atoms with Gasteiger partial charge in [0.25, 0.3) is 5.22 Å².